The highest BCUT2D eigenvalue weighted by molar-refractivity contribution is 5.83. The molecule has 8 nitrogen and oxygen atoms in total. The van der Waals surface area contributed by atoms with Gasteiger partial charge in [0.1, 0.15) is 6.33 Å². The fraction of sp³-hybridized carbons (Fsp3) is 0.722. The molecule has 2 aromatic heterocycles. The van der Waals surface area contributed by atoms with Gasteiger partial charge >= 0.3 is 0 Å². The van der Waals surface area contributed by atoms with E-state index in [0.717, 1.165) is 95.4 Å². The highest BCUT2D eigenvalue weighted by Crippen LogP contribution is 2.22. The minimum Gasteiger partial charge on any atom is -0.352 e. The maximum atomic E-state index is 4.66. The van der Waals surface area contributed by atoms with E-state index in [9.17, 15) is 0 Å². The predicted molar refractivity (Wildman–Crippen MR) is 104 cm³/mol. The van der Waals surface area contributed by atoms with Crippen molar-refractivity contribution in [2.24, 2.45) is 0 Å². The Balaban J connectivity index is 1.41. The van der Waals surface area contributed by atoms with Crippen LogP contribution in [0.1, 0.15) is 13.3 Å². The van der Waals surface area contributed by atoms with Crippen LogP contribution in [0.15, 0.2) is 12.7 Å². The molecule has 2 aliphatic rings. The van der Waals surface area contributed by atoms with Gasteiger partial charge in [-0.2, -0.15) is 0 Å². The molecule has 142 valence electrons. The summed E-state index contributed by atoms with van der Waals surface area (Å²) in [6.45, 7) is 14.2. The Labute approximate surface area is 155 Å². The number of hydrogen-bond acceptors (Lipinski definition) is 7. The molecule has 4 rings (SSSR count). The molecule has 2 saturated heterocycles. The standard InChI is InChI=1S/C18H30N8/c1-2-23-10-12-25(13-11-23)17-16-18(21-14-20-17)26(15-22-16)7-3-6-24-8-4-19-5-9-24/h14-15,19H,2-13H2,1H3. The number of hydrogen-bond donors (Lipinski definition) is 1. The van der Waals surface area contributed by atoms with Crippen LogP contribution in [0.3, 0.4) is 0 Å². The molecule has 1 N–H and O–H groups in total. The summed E-state index contributed by atoms with van der Waals surface area (Å²) in [7, 11) is 0. The van der Waals surface area contributed by atoms with E-state index >= 15 is 0 Å². The van der Waals surface area contributed by atoms with Gasteiger partial charge in [-0.1, -0.05) is 6.92 Å². The Kier molecular flexibility index (Phi) is 5.62. The van der Waals surface area contributed by atoms with Gasteiger partial charge in [-0.25, -0.2) is 15.0 Å². The van der Waals surface area contributed by atoms with Gasteiger partial charge in [0, 0.05) is 58.9 Å². The van der Waals surface area contributed by atoms with Gasteiger partial charge in [-0.15, -0.1) is 0 Å². The number of nitrogens with zero attached hydrogens (tertiary/aromatic N) is 7. The first kappa shape index (κ1) is 17.6. The average molecular weight is 358 g/mol. The fourth-order valence-electron chi connectivity index (χ4n) is 3.94. The second-order valence-electron chi connectivity index (χ2n) is 7.17. The van der Waals surface area contributed by atoms with Crippen molar-refractivity contribution in [2.45, 2.75) is 19.9 Å². The monoisotopic (exact) mass is 358 g/mol. The maximum Gasteiger partial charge on any atom is 0.165 e. The molecule has 4 heterocycles. The third-order valence-corrected chi connectivity index (χ3v) is 5.58. The topological polar surface area (TPSA) is 65.4 Å². The second-order valence-corrected chi connectivity index (χ2v) is 7.17. The molecule has 0 unspecified atom stereocenters. The van der Waals surface area contributed by atoms with E-state index in [1.54, 1.807) is 6.33 Å². The molecule has 0 spiro atoms. The molecular weight excluding hydrogens is 328 g/mol. The number of fused-ring (bicyclic) bond motifs is 1. The minimum absolute atomic E-state index is 0.944. The van der Waals surface area contributed by atoms with Crippen molar-refractivity contribution in [3.63, 3.8) is 0 Å². The summed E-state index contributed by atoms with van der Waals surface area (Å²) >= 11 is 0. The van der Waals surface area contributed by atoms with E-state index in [1.807, 2.05) is 6.33 Å². The lowest BCUT2D eigenvalue weighted by molar-refractivity contribution is 0.235. The van der Waals surface area contributed by atoms with Crippen molar-refractivity contribution < 1.29 is 0 Å². The molecule has 2 aromatic rings. The van der Waals surface area contributed by atoms with Gasteiger partial charge in [0.15, 0.2) is 17.0 Å². The molecule has 2 aliphatic heterocycles. The molecule has 26 heavy (non-hydrogen) atoms. The minimum atomic E-state index is 0.944. The van der Waals surface area contributed by atoms with Crippen molar-refractivity contribution in [2.75, 3.05) is 70.3 Å². The van der Waals surface area contributed by atoms with Crippen LogP contribution in [0.25, 0.3) is 11.2 Å². The van der Waals surface area contributed by atoms with Crippen LogP contribution < -0.4 is 10.2 Å². The molecule has 0 bridgehead atoms. The van der Waals surface area contributed by atoms with Crippen LogP contribution in [0.4, 0.5) is 5.82 Å². The molecule has 2 fully saturated rings. The van der Waals surface area contributed by atoms with Crippen molar-refractivity contribution in [3.05, 3.63) is 12.7 Å². The Morgan fingerprint density at radius 1 is 0.923 bits per heavy atom. The molecule has 0 aromatic carbocycles. The van der Waals surface area contributed by atoms with Gasteiger partial charge in [0.25, 0.3) is 0 Å². The Hall–Kier alpha value is -1.77. The van der Waals surface area contributed by atoms with Gasteiger partial charge < -0.3 is 24.6 Å². The van der Waals surface area contributed by atoms with Gasteiger partial charge in [-0.3, -0.25) is 0 Å². The maximum absolute atomic E-state index is 4.66. The third kappa shape index (κ3) is 3.82. The van der Waals surface area contributed by atoms with Gasteiger partial charge in [-0.05, 0) is 19.5 Å². The Morgan fingerprint density at radius 2 is 1.73 bits per heavy atom. The summed E-state index contributed by atoms with van der Waals surface area (Å²) in [5.74, 6) is 0.992. The first-order valence-electron chi connectivity index (χ1n) is 9.91. The summed E-state index contributed by atoms with van der Waals surface area (Å²) in [6.07, 6.45) is 4.75. The smallest absolute Gasteiger partial charge is 0.165 e. The van der Waals surface area contributed by atoms with Crippen LogP contribution in [0.2, 0.25) is 0 Å². The second kappa shape index (κ2) is 8.28. The largest absolute Gasteiger partial charge is 0.352 e. The number of aryl methyl sites for hydroxylation is 1. The van der Waals surface area contributed by atoms with Crippen LogP contribution in [0.5, 0.6) is 0 Å². The third-order valence-electron chi connectivity index (χ3n) is 5.58. The number of imidazole rings is 1. The Bertz CT molecular complexity index is 700. The van der Waals surface area contributed by atoms with Crippen molar-refractivity contribution in [1.82, 2.24) is 34.6 Å². The van der Waals surface area contributed by atoms with E-state index in [2.05, 4.69) is 46.5 Å². The van der Waals surface area contributed by atoms with Crippen molar-refractivity contribution in [1.29, 1.82) is 0 Å². The van der Waals surface area contributed by atoms with Crippen LogP contribution in [-0.4, -0.2) is 94.8 Å². The van der Waals surface area contributed by atoms with Crippen LogP contribution in [0, 0.1) is 0 Å². The highest BCUT2D eigenvalue weighted by Gasteiger charge is 2.20. The van der Waals surface area contributed by atoms with Crippen molar-refractivity contribution in [3.8, 4) is 0 Å². The predicted octanol–water partition coefficient (Wildman–Crippen LogP) is 0.264. The van der Waals surface area contributed by atoms with Crippen LogP contribution in [-0.2, 0) is 6.54 Å². The summed E-state index contributed by atoms with van der Waals surface area (Å²) < 4.78 is 2.19. The highest BCUT2D eigenvalue weighted by atomic mass is 15.3. The number of rotatable bonds is 6. The molecule has 0 amide bonds. The average Bonchev–Trinajstić information content (AvgIpc) is 3.12. The van der Waals surface area contributed by atoms with E-state index < -0.39 is 0 Å². The zero-order valence-electron chi connectivity index (χ0n) is 15.8. The quantitative estimate of drug-likeness (QED) is 0.795. The molecule has 0 saturated carbocycles. The Morgan fingerprint density at radius 3 is 2.50 bits per heavy atom. The van der Waals surface area contributed by atoms with Crippen molar-refractivity contribution >= 4 is 17.0 Å². The van der Waals surface area contributed by atoms with Gasteiger partial charge in [0.2, 0.25) is 0 Å². The lowest BCUT2D eigenvalue weighted by Crippen LogP contribution is -2.46. The molecule has 0 aliphatic carbocycles. The number of anilines is 1. The summed E-state index contributed by atoms with van der Waals surface area (Å²) in [6, 6.07) is 0. The van der Waals surface area contributed by atoms with E-state index in [0.29, 0.717) is 0 Å². The van der Waals surface area contributed by atoms with Gasteiger partial charge in [0.05, 0.1) is 6.33 Å². The SMILES string of the molecule is CCN1CCN(c2ncnc3c2ncn3CCCN2CCNCC2)CC1. The first-order chi connectivity index (χ1) is 12.8. The van der Waals surface area contributed by atoms with E-state index in [4.69, 9.17) is 0 Å². The number of likely N-dealkylation sites (N-methyl/N-ethyl adjacent to an activating group) is 1. The van der Waals surface area contributed by atoms with E-state index in [1.165, 1.54) is 0 Å². The first-order valence-corrected chi connectivity index (χ1v) is 9.91. The summed E-state index contributed by atoms with van der Waals surface area (Å²) in [5, 5.41) is 3.41. The summed E-state index contributed by atoms with van der Waals surface area (Å²) in [5.41, 5.74) is 1.91. The lowest BCUT2D eigenvalue weighted by atomic mass is 10.3. The molecule has 0 radical (unpaired) electrons. The zero-order chi connectivity index (χ0) is 17.8. The fourth-order valence-corrected chi connectivity index (χ4v) is 3.94. The van der Waals surface area contributed by atoms with Crippen LogP contribution >= 0.6 is 0 Å². The van der Waals surface area contributed by atoms with E-state index in [-0.39, 0.29) is 0 Å². The molecular formula is C18H30N8. The molecule has 0 atom stereocenters. The summed E-state index contributed by atoms with van der Waals surface area (Å²) in [4.78, 5) is 21.1. The normalized spacial score (nSPS) is 20.1. The zero-order valence-corrected chi connectivity index (χ0v) is 15.8. The molecule has 8 heteroatoms. The number of aromatic nitrogens is 4. The number of nitrogens with one attached hydrogen (secondary N) is 1. The lowest BCUT2D eigenvalue weighted by Gasteiger charge is -2.34. The number of piperazine rings is 2.